The zero-order valence-electron chi connectivity index (χ0n) is 16.3. The summed E-state index contributed by atoms with van der Waals surface area (Å²) in [4.78, 5) is 35.9. The lowest BCUT2D eigenvalue weighted by atomic mass is 10.2. The van der Waals surface area contributed by atoms with Gasteiger partial charge in [0.15, 0.2) is 0 Å². The monoisotopic (exact) mass is 387 g/mol. The summed E-state index contributed by atoms with van der Waals surface area (Å²) in [6, 6.07) is 8.25. The molecule has 0 saturated carbocycles. The molecule has 2 aromatic rings. The third-order valence-electron chi connectivity index (χ3n) is 3.89. The number of carbonyl (C=O) groups is 3. The standard InChI is InChI=1S/C20H25N3O5/c1-4-5-10-27-16-8-6-15(7-9-16)19(25)21-12-18(24)22-23-20(26)17-11-13(2)28-14(17)3/h6-9,11H,4-5,10,12H2,1-3H3,(H,21,25)(H,22,24)(H,23,26). The normalized spacial score (nSPS) is 10.2. The van der Waals surface area contributed by atoms with Gasteiger partial charge in [0.1, 0.15) is 17.3 Å². The topological polar surface area (TPSA) is 110 Å². The Morgan fingerprint density at radius 2 is 1.75 bits per heavy atom. The van der Waals surface area contributed by atoms with Crippen molar-refractivity contribution in [2.75, 3.05) is 13.2 Å². The molecule has 8 nitrogen and oxygen atoms in total. The Kier molecular flexibility index (Phi) is 7.62. The third kappa shape index (κ3) is 6.15. The summed E-state index contributed by atoms with van der Waals surface area (Å²) in [7, 11) is 0. The average molecular weight is 387 g/mol. The molecule has 0 bridgehead atoms. The summed E-state index contributed by atoms with van der Waals surface area (Å²) >= 11 is 0. The number of hydrazine groups is 1. The largest absolute Gasteiger partial charge is 0.494 e. The van der Waals surface area contributed by atoms with Crippen LogP contribution in [0.25, 0.3) is 0 Å². The van der Waals surface area contributed by atoms with E-state index in [0.717, 1.165) is 12.8 Å². The highest BCUT2D eigenvalue weighted by molar-refractivity contribution is 5.98. The van der Waals surface area contributed by atoms with Gasteiger partial charge >= 0.3 is 0 Å². The van der Waals surface area contributed by atoms with Crippen LogP contribution < -0.4 is 20.9 Å². The minimum Gasteiger partial charge on any atom is -0.494 e. The number of furan rings is 1. The van der Waals surface area contributed by atoms with Gasteiger partial charge in [0, 0.05) is 5.56 Å². The van der Waals surface area contributed by atoms with Crippen LogP contribution in [0.4, 0.5) is 0 Å². The van der Waals surface area contributed by atoms with Gasteiger partial charge in [-0.2, -0.15) is 0 Å². The predicted molar refractivity (Wildman–Crippen MR) is 103 cm³/mol. The Morgan fingerprint density at radius 3 is 2.36 bits per heavy atom. The fourth-order valence-corrected chi connectivity index (χ4v) is 2.39. The lowest BCUT2D eigenvalue weighted by Crippen LogP contribution is -2.46. The highest BCUT2D eigenvalue weighted by Gasteiger charge is 2.14. The van der Waals surface area contributed by atoms with Crippen molar-refractivity contribution < 1.29 is 23.5 Å². The molecule has 0 aliphatic heterocycles. The number of nitrogens with one attached hydrogen (secondary N) is 3. The molecule has 8 heteroatoms. The van der Waals surface area contributed by atoms with E-state index in [4.69, 9.17) is 9.15 Å². The number of amides is 3. The lowest BCUT2D eigenvalue weighted by Gasteiger charge is -2.09. The van der Waals surface area contributed by atoms with Crippen molar-refractivity contribution >= 4 is 17.7 Å². The molecule has 2 rings (SSSR count). The van der Waals surface area contributed by atoms with Crippen LogP contribution >= 0.6 is 0 Å². The van der Waals surface area contributed by atoms with E-state index in [2.05, 4.69) is 23.1 Å². The molecule has 3 amide bonds. The van der Waals surface area contributed by atoms with Crippen LogP contribution in [-0.4, -0.2) is 30.9 Å². The Balaban J connectivity index is 1.75. The van der Waals surface area contributed by atoms with Crippen LogP contribution in [0.5, 0.6) is 5.75 Å². The molecular weight excluding hydrogens is 362 g/mol. The third-order valence-corrected chi connectivity index (χ3v) is 3.89. The highest BCUT2D eigenvalue weighted by atomic mass is 16.5. The van der Waals surface area contributed by atoms with Crippen LogP contribution in [0.1, 0.15) is 52.0 Å². The molecule has 0 atom stereocenters. The van der Waals surface area contributed by atoms with Gasteiger partial charge in [-0.1, -0.05) is 13.3 Å². The summed E-state index contributed by atoms with van der Waals surface area (Å²) in [6.45, 7) is 5.81. The minimum absolute atomic E-state index is 0.280. The molecule has 0 spiro atoms. The van der Waals surface area contributed by atoms with E-state index in [1.807, 2.05) is 0 Å². The Hall–Kier alpha value is -3.29. The summed E-state index contributed by atoms with van der Waals surface area (Å²) in [6.07, 6.45) is 2.01. The number of aryl methyl sites for hydroxylation is 2. The number of hydrogen-bond donors (Lipinski definition) is 3. The lowest BCUT2D eigenvalue weighted by molar-refractivity contribution is -0.120. The van der Waals surface area contributed by atoms with E-state index < -0.39 is 17.7 Å². The van der Waals surface area contributed by atoms with E-state index in [9.17, 15) is 14.4 Å². The molecule has 0 aliphatic carbocycles. The maximum Gasteiger partial charge on any atom is 0.273 e. The Labute approximate surface area is 163 Å². The summed E-state index contributed by atoms with van der Waals surface area (Å²) in [5, 5.41) is 2.49. The molecule has 3 N–H and O–H groups in total. The number of benzene rings is 1. The van der Waals surface area contributed by atoms with Crippen molar-refractivity contribution in [1.82, 2.24) is 16.2 Å². The average Bonchev–Trinajstić information content (AvgIpc) is 3.03. The first-order chi connectivity index (χ1) is 13.4. The summed E-state index contributed by atoms with van der Waals surface area (Å²) in [5.74, 6) is 0.299. The van der Waals surface area contributed by atoms with Crippen LogP contribution in [0, 0.1) is 13.8 Å². The smallest absolute Gasteiger partial charge is 0.273 e. The van der Waals surface area contributed by atoms with Gasteiger partial charge in [-0.05, 0) is 50.6 Å². The molecule has 1 aromatic heterocycles. The van der Waals surface area contributed by atoms with Gasteiger partial charge in [0.2, 0.25) is 0 Å². The predicted octanol–water partition coefficient (Wildman–Crippen LogP) is 2.27. The molecule has 0 radical (unpaired) electrons. The molecule has 28 heavy (non-hydrogen) atoms. The first kappa shape index (κ1) is 21.0. The van der Waals surface area contributed by atoms with Gasteiger partial charge in [-0.3, -0.25) is 25.2 Å². The number of hydrogen-bond acceptors (Lipinski definition) is 5. The van der Waals surface area contributed by atoms with E-state index in [-0.39, 0.29) is 6.54 Å². The number of unbranched alkanes of at least 4 members (excludes halogenated alkanes) is 1. The van der Waals surface area contributed by atoms with Crippen molar-refractivity contribution in [3.63, 3.8) is 0 Å². The van der Waals surface area contributed by atoms with E-state index in [1.54, 1.807) is 44.2 Å². The Morgan fingerprint density at radius 1 is 1.04 bits per heavy atom. The fraction of sp³-hybridized carbons (Fsp3) is 0.350. The second kappa shape index (κ2) is 10.1. The first-order valence-electron chi connectivity index (χ1n) is 9.08. The summed E-state index contributed by atoms with van der Waals surface area (Å²) in [5.41, 5.74) is 5.27. The Bertz CT molecular complexity index is 827. The number of ether oxygens (including phenoxy) is 1. The minimum atomic E-state index is -0.556. The van der Waals surface area contributed by atoms with Gasteiger partial charge in [-0.15, -0.1) is 0 Å². The van der Waals surface area contributed by atoms with Crippen molar-refractivity contribution in [3.05, 3.63) is 53.0 Å². The van der Waals surface area contributed by atoms with E-state index >= 15 is 0 Å². The molecule has 0 saturated heterocycles. The number of carbonyl (C=O) groups excluding carboxylic acids is 3. The van der Waals surface area contributed by atoms with E-state index in [0.29, 0.717) is 35.0 Å². The van der Waals surface area contributed by atoms with Crippen LogP contribution in [-0.2, 0) is 4.79 Å². The first-order valence-corrected chi connectivity index (χ1v) is 9.08. The van der Waals surface area contributed by atoms with Crippen molar-refractivity contribution in [3.8, 4) is 5.75 Å². The van der Waals surface area contributed by atoms with E-state index in [1.165, 1.54) is 0 Å². The molecule has 150 valence electrons. The molecular formula is C20H25N3O5. The second-order valence-corrected chi connectivity index (χ2v) is 6.24. The second-order valence-electron chi connectivity index (χ2n) is 6.24. The van der Waals surface area contributed by atoms with Crippen LogP contribution in [0.2, 0.25) is 0 Å². The zero-order chi connectivity index (χ0) is 20.5. The van der Waals surface area contributed by atoms with Crippen LogP contribution in [0.3, 0.4) is 0 Å². The molecule has 1 heterocycles. The molecule has 0 unspecified atom stereocenters. The molecule has 1 aromatic carbocycles. The SMILES string of the molecule is CCCCOc1ccc(C(=O)NCC(=O)NNC(=O)c2cc(C)oc2C)cc1. The maximum absolute atomic E-state index is 12.1. The zero-order valence-corrected chi connectivity index (χ0v) is 16.3. The van der Waals surface area contributed by atoms with Gasteiger partial charge in [0.25, 0.3) is 17.7 Å². The number of rotatable bonds is 8. The molecule has 0 fully saturated rings. The van der Waals surface area contributed by atoms with Gasteiger partial charge in [-0.25, -0.2) is 0 Å². The van der Waals surface area contributed by atoms with Crippen molar-refractivity contribution in [1.29, 1.82) is 0 Å². The van der Waals surface area contributed by atoms with Gasteiger partial charge in [0.05, 0.1) is 18.7 Å². The van der Waals surface area contributed by atoms with Crippen LogP contribution in [0.15, 0.2) is 34.7 Å². The van der Waals surface area contributed by atoms with Crippen molar-refractivity contribution in [2.24, 2.45) is 0 Å². The summed E-state index contributed by atoms with van der Waals surface area (Å²) < 4.78 is 10.8. The molecule has 0 aliphatic rings. The van der Waals surface area contributed by atoms with Crippen molar-refractivity contribution in [2.45, 2.75) is 33.6 Å². The quantitative estimate of drug-likeness (QED) is 0.475. The van der Waals surface area contributed by atoms with Gasteiger partial charge < -0.3 is 14.5 Å². The maximum atomic E-state index is 12.1. The highest BCUT2D eigenvalue weighted by Crippen LogP contribution is 2.13. The fourth-order valence-electron chi connectivity index (χ4n) is 2.39.